The lowest BCUT2D eigenvalue weighted by molar-refractivity contribution is 0.983. The first-order valence-electron chi connectivity index (χ1n) is 6.42. The van der Waals surface area contributed by atoms with Gasteiger partial charge in [0, 0.05) is 23.5 Å². The van der Waals surface area contributed by atoms with E-state index in [0.717, 1.165) is 15.9 Å². The summed E-state index contributed by atoms with van der Waals surface area (Å²) in [4.78, 5) is 5.66. The van der Waals surface area contributed by atoms with E-state index in [-0.39, 0.29) is 24.0 Å². The first kappa shape index (κ1) is 18.4. The zero-order valence-corrected chi connectivity index (χ0v) is 16.8. The number of rotatable bonds is 4. The highest BCUT2D eigenvalue weighted by molar-refractivity contribution is 14.0. The van der Waals surface area contributed by atoms with E-state index >= 15 is 0 Å². The molecule has 0 aliphatic heterocycles. The van der Waals surface area contributed by atoms with E-state index in [9.17, 15) is 0 Å². The molecule has 114 valence electrons. The molecule has 1 aromatic carbocycles. The minimum atomic E-state index is 0. The Morgan fingerprint density at radius 1 is 1.24 bits per heavy atom. The number of anilines is 1. The lowest BCUT2D eigenvalue weighted by atomic mass is 10.1. The molecule has 6 heteroatoms. The van der Waals surface area contributed by atoms with E-state index in [0.29, 0.717) is 12.5 Å². The molecule has 0 bridgehead atoms. The lowest BCUT2D eigenvalue weighted by Crippen LogP contribution is -2.23. The molecule has 0 fully saturated rings. The van der Waals surface area contributed by atoms with E-state index in [1.165, 1.54) is 16.0 Å². The second kappa shape index (κ2) is 8.75. The van der Waals surface area contributed by atoms with Crippen molar-refractivity contribution in [3.8, 4) is 0 Å². The monoisotopic (exact) mass is 479 g/mol. The van der Waals surface area contributed by atoms with Crippen LogP contribution in [0.2, 0.25) is 0 Å². The van der Waals surface area contributed by atoms with Crippen molar-refractivity contribution in [1.82, 2.24) is 0 Å². The van der Waals surface area contributed by atoms with Gasteiger partial charge in [-0.05, 0) is 65.2 Å². The van der Waals surface area contributed by atoms with Crippen LogP contribution in [-0.2, 0) is 6.42 Å². The molecule has 2 rings (SSSR count). The van der Waals surface area contributed by atoms with Gasteiger partial charge >= 0.3 is 0 Å². The van der Waals surface area contributed by atoms with Gasteiger partial charge in [-0.15, -0.1) is 35.3 Å². The third-order valence-corrected chi connectivity index (χ3v) is 4.45. The van der Waals surface area contributed by atoms with Crippen LogP contribution in [0.25, 0.3) is 0 Å². The summed E-state index contributed by atoms with van der Waals surface area (Å²) in [5, 5.41) is 3.14. The molecule has 0 radical (unpaired) electrons. The summed E-state index contributed by atoms with van der Waals surface area (Å²) in [6.07, 6.45) is 0.908. The summed E-state index contributed by atoms with van der Waals surface area (Å²) in [6.45, 7) is 4.83. The number of thiophene rings is 1. The van der Waals surface area contributed by atoms with Crippen LogP contribution in [-0.4, -0.2) is 12.5 Å². The predicted molar refractivity (Wildman–Crippen MR) is 107 cm³/mol. The smallest absolute Gasteiger partial charge is 0.193 e. The van der Waals surface area contributed by atoms with Crippen molar-refractivity contribution in [2.45, 2.75) is 20.3 Å². The fraction of sp³-hybridized carbons (Fsp3) is 0.267. The highest BCUT2D eigenvalue weighted by Crippen LogP contribution is 2.22. The predicted octanol–water partition coefficient (Wildman–Crippen LogP) is 4.71. The van der Waals surface area contributed by atoms with Gasteiger partial charge in [-0.1, -0.05) is 6.07 Å². The molecule has 0 unspecified atom stereocenters. The molecule has 0 aliphatic rings. The summed E-state index contributed by atoms with van der Waals surface area (Å²) in [7, 11) is 0. The minimum Gasteiger partial charge on any atom is -0.370 e. The summed E-state index contributed by atoms with van der Waals surface area (Å²) < 4.78 is 1.15. The normalized spacial score (nSPS) is 11.1. The Kier molecular flexibility index (Phi) is 7.69. The number of guanidine groups is 1. The number of hydrogen-bond acceptors (Lipinski definition) is 2. The van der Waals surface area contributed by atoms with Gasteiger partial charge < -0.3 is 11.1 Å². The number of hydrogen-bond donors (Lipinski definition) is 2. The minimum absolute atomic E-state index is 0. The molecule has 0 saturated heterocycles. The third-order valence-electron chi connectivity index (χ3n) is 2.76. The lowest BCUT2D eigenvalue weighted by Gasteiger charge is -2.07. The summed E-state index contributed by atoms with van der Waals surface area (Å²) in [6, 6.07) is 10.4. The Morgan fingerprint density at radius 3 is 2.48 bits per heavy atom. The zero-order valence-electron chi connectivity index (χ0n) is 12.0. The van der Waals surface area contributed by atoms with Crippen LogP contribution < -0.4 is 11.1 Å². The van der Waals surface area contributed by atoms with Crippen molar-refractivity contribution < 1.29 is 0 Å². The molecule has 0 amide bonds. The topological polar surface area (TPSA) is 50.4 Å². The maximum Gasteiger partial charge on any atom is 0.193 e. The number of nitrogens with zero attached hydrogens (tertiary/aromatic N) is 1. The molecular weight excluding hydrogens is 461 g/mol. The maximum atomic E-state index is 5.91. The van der Waals surface area contributed by atoms with Crippen molar-refractivity contribution in [2.24, 2.45) is 10.7 Å². The van der Waals surface area contributed by atoms with Gasteiger partial charge in [0.25, 0.3) is 0 Å². The fourth-order valence-corrected chi connectivity index (χ4v) is 3.48. The van der Waals surface area contributed by atoms with Crippen LogP contribution >= 0.6 is 51.2 Å². The SMILES string of the molecule is Cc1cc(C)cc(NC(N)=NCCc2ccc(Br)s2)c1.I. The Labute approximate surface area is 155 Å². The summed E-state index contributed by atoms with van der Waals surface area (Å²) in [5.74, 6) is 0.464. The number of aliphatic imine (C=N–C) groups is 1. The number of aryl methyl sites for hydroxylation is 2. The molecular formula is C15H19BrIN3S. The highest BCUT2D eigenvalue weighted by Gasteiger charge is 1.99. The molecule has 0 aliphatic carbocycles. The van der Waals surface area contributed by atoms with Gasteiger partial charge in [0.1, 0.15) is 0 Å². The number of nitrogens with one attached hydrogen (secondary N) is 1. The Balaban J connectivity index is 0.00000220. The Hall–Kier alpha value is -0.600. The number of nitrogens with two attached hydrogens (primary N) is 1. The quantitative estimate of drug-likeness (QED) is 0.379. The highest BCUT2D eigenvalue weighted by atomic mass is 127. The van der Waals surface area contributed by atoms with Crippen molar-refractivity contribution >= 4 is 62.9 Å². The van der Waals surface area contributed by atoms with Crippen LogP contribution in [0.4, 0.5) is 5.69 Å². The molecule has 2 aromatic rings. The van der Waals surface area contributed by atoms with Crippen molar-refractivity contribution in [3.05, 3.63) is 50.1 Å². The summed E-state index contributed by atoms with van der Waals surface area (Å²) in [5.41, 5.74) is 9.32. The average molecular weight is 480 g/mol. The second-order valence-electron chi connectivity index (χ2n) is 4.72. The van der Waals surface area contributed by atoms with E-state index < -0.39 is 0 Å². The molecule has 0 spiro atoms. The van der Waals surface area contributed by atoms with Crippen LogP contribution in [0.3, 0.4) is 0 Å². The second-order valence-corrected chi connectivity index (χ2v) is 7.27. The van der Waals surface area contributed by atoms with Crippen LogP contribution in [0.5, 0.6) is 0 Å². The summed E-state index contributed by atoms with van der Waals surface area (Å²) >= 11 is 5.19. The van der Waals surface area contributed by atoms with E-state index in [1.54, 1.807) is 11.3 Å². The van der Waals surface area contributed by atoms with Crippen molar-refractivity contribution in [3.63, 3.8) is 0 Å². The molecule has 1 aromatic heterocycles. The van der Waals surface area contributed by atoms with Gasteiger partial charge in [0.15, 0.2) is 5.96 Å². The first-order valence-corrected chi connectivity index (χ1v) is 8.03. The maximum absolute atomic E-state index is 5.91. The van der Waals surface area contributed by atoms with E-state index in [1.807, 2.05) is 0 Å². The van der Waals surface area contributed by atoms with Gasteiger partial charge in [0.2, 0.25) is 0 Å². The van der Waals surface area contributed by atoms with E-state index in [4.69, 9.17) is 5.73 Å². The molecule has 0 saturated carbocycles. The Bertz CT molecular complexity index is 605. The van der Waals surface area contributed by atoms with Gasteiger partial charge in [-0.25, -0.2) is 0 Å². The molecule has 21 heavy (non-hydrogen) atoms. The molecule has 0 atom stereocenters. The van der Waals surface area contributed by atoms with Gasteiger partial charge in [-0.3, -0.25) is 4.99 Å². The first-order chi connectivity index (χ1) is 9.52. The van der Waals surface area contributed by atoms with Gasteiger partial charge in [0.05, 0.1) is 3.79 Å². The molecule has 3 N–H and O–H groups in total. The van der Waals surface area contributed by atoms with Gasteiger partial charge in [-0.2, -0.15) is 0 Å². The third kappa shape index (κ3) is 6.36. The Morgan fingerprint density at radius 2 is 1.90 bits per heavy atom. The fourth-order valence-electron chi connectivity index (χ4n) is 2.01. The van der Waals surface area contributed by atoms with Crippen LogP contribution in [0.15, 0.2) is 39.1 Å². The zero-order chi connectivity index (χ0) is 14.5. The van der Waals surface area contributed by atoms with Crippen LogP contribution in [0.1, 0.15) is 16.0 Å². The van der Waals surface area contributed by atoms with Crippen molar-refractivity contribution in [2.75, 3.05) is 11.9 Å². The standard InChI is InChI=1S/C15H18BrN3S.HI/c1-10-7-11(2)9-12(8-10)19-15(17)18-6-5-13-3-4-14(16)20-13;/h3-4,7-9H,5-6H2,1-2H3,(H3,17,18,19);1H. The average Bonchev–Trinajstić information content (AvgIpc) is 2.73. The molecule has 3 nitrogen and oxygen atoms in total. The van der Waals surface area contributed by atoms with Crippen LogP contribution in [0, 0.1) is 13.8 Å². The molecule has 1 heterocycles. The largest absolute Gasteiger partial charge is 0.370 e. The number of benzene rings is 1. The van der Waals surface area contributed by atoms with Crippen molar-refractivity contribution in [1.29, 1.82) is 0 Å². The van der Waals surface area contributed by atoms with E-state index in [2.05, 4.69) is 70.4 Å². The number of halogens is 2.